The molecule has 1 saturated carbocycles. The number of hydrogen-bond donors (Lipinski definition) is 1. The third-order valence-corrected chi connectivity index (χ3v) is 6.82. The molecule has 1 aromatic carbocycles. The standard InChI is InChI=1S/C24H29N5O4/c1-15-13-27(24(32)33-20-4-3-5-20)22-10-17(6-7-21(22)29(15)16(2)30)18-12-26-28(14-18)19-8-9-25-23(31)11-19/h6-7,10,12,14-15,19-20H,3-5,8-9,11,13H2,1-2H3,(H,25,31)/t15-,19?/m0/s1. The SMILES string of the molecule is CC(=O)N1c2ccc(-c3cnn(C4CCNC(=O)C4)c3)cc2N(C(=O)OC2CCC2)C[C@@H]1C. The summed E-state index contributed by atoms with van der Waals surface area (Å²) in [5.41, 5.74) is 3.14. The molecule has 0 spiro atoms. The van der Waals surface area contributed by atoms with Gasteiger partial charge in [-0.2, -0.15) is 5.10 Å². The molecule has 5 rings (SSSR count). The molecule has 1 N–H and O–H groups in total. The van der Waals surface area contributed by atoms with E-state index >= 15 is 0 Å². The van der Waals surface area contributed by atoms with Crippen LogP contribution in [-0.2, 0) is 14.3 Å². The molecule has 174 valence electrons. The highest BCUT2D eigenvalue weighted by Crippen LogP contribution is 2.40. The summed E-state index contributed by atoms with van der Waals surface area (Å²) in [7, 11) is 0. The number of nitrogens with zero attached hydrogens (tertiary/aromatic N) is 4. The molecule has 2 atom stereocenters. The van der Waals surface area contributed by atoms with Crippen LogP contribution in [0.25, 0.3) is 11.1 Å². The van der Waals surface area contributed by atoms with Gasteiger partial charge in [0.05, 0.1) is 29.7 Å². The topological polar surface area (TPSA) is 96.8 Å². The number of aromatic nitrogens is 2. The van der Waals surface area contributed by atoms with Gasteiger partial charge in [0.15, 0.2) is 0 Å². The molecule has 1 unspecified atom stereocenters. The first-order valence-electron chi connectivity index (χ1n) is 11.6. The Kier molecular flexibility index (Phi) is 5.55. The maximum Gasteiger partial charge on any atom is 0.414 e. The summed E-state index contributed by atoms with van der Waals surface area (Å²) in [6, 6.07) is 5.63. The number of fused-ring (bicyclic) bond motifs is 1. The van der Waals surface area contributed by atoms with Crippen molar-refractivity contribution in [2.75, 3.05) is 22.9 Å². The first-order valence-corrected chi connectivity index (χ1v) is 11.6. The van der Waals surface area contributed by atoms with Gasteiger partial charge in [-0.1, -0.05) is 6.07 Å². The lowest BCUT2D eigenvalue weighted by molar-refractivity contribution is -0.123. The number of nitrogens with one attached hydrogen (secondary N) is 1. The number of anilines is 2. The molecule has 2 aliphatic heterocycles. The Morgan fingerprint density at radius 3 is 2.67 bits per heavy atom. The largest absolute Gasteiger partial charge is 0.446 e. The van der Waals surface area contributed by atoms with Crippen LogP contribution >= 0.6 is 0 Å². The molecule has 0 radical (unpaired) electrons. The van der Waals surface area contributed by atoms with Crippen molar-refractivity contribution in [1.29, 1.82) is 0 Å². The Bertz CT molecular complexity index is 1090. The molecular weight excluding hydrogens is 422 g/mol. The third-order valence-electron chi connectivity index (χ3n) is 6.82. The summed E-state index contributed by atoms with van der Waals surface area (Å²) in [6.45, 7) is 4.50. The summed E-state index contributed by atoms with van der Waals surface area (Å²) < 4.78 is 7.54. The number of ether oxygens (including phenoxy) is 1. The Hall–Kier alpha value is -3.36. The van der Waals surface area contributed by atoms with Crippen molar-refractivity contribution in [2.24, 2.45) is 0 Å². The molecule has 1 aromatic heterocycles. The predicted molar refractivity (Wildman–Crippen MR) is 123 cm³/mol. The second kappa shape index (κ2) is 8.53. The lowest BCUT2D eigenvalue weighted by atomic mass is 9.96. The van der Waals surface area contributed by atoms with E-state index in [0.717, 1.165) is 36.8 Å². The van der Waals surface area contributed by atoms with Crippen molar-refractivity contribution >= 4 is 29.3 Å². The number of amides is 3. The smallest absolute Gasteiger partial charge is 0.414 e. The predicted octanol–water partition coefficient (Wildman–Crippen LogP) is 3.25. The Morgan fingerprint density at radius 1 is 1.15 bits per heavy atom. The quantitative estimate of drug-likeness (QED) is 0.773. The summed E-state index contributed by atoms with van der Waals surface area (Å²) >= 11 is 0. The van der Waals surface area contributed by atoms with E-state index < -0.39 is 0 Å². The average molecular weight is 452 g/mol. The molecule has 9 nitrogen and oxygen atoms in total. The van der Waals surface area contributed by atoms with Gasteiger partial charge in [-0.15, -0.1) is 0 Å². The van der Waals surface area contributed by atoms with Crippen LogP contribution in [-0.4, -0.2) is 52.9 Å². The second-order valence-corrected chi connectivity index (χ2v) is 9.19. The van der Waals surface area contributed by atoms with E-state index in [1.54, 1.807) is 22.9 Å². The second-order valence-electron chi connectivity index (χ2n) is 9.19. The van der Waals surface area contributed by atoms with Gasteiger partial charge in [0.25, 0.3) is 0 Å². The van der Waals surface area contributed by atoms with Crippen molar-refractivity contribution < 1.29 is 19.1 Å². The molecule has 1 aliphatic carbocycles. The summed E-state index contributed by atoms with van der Waals surface area (Å²) in [4.78, 5) is 40.6. The van der Waals surface area contributed by atoms with E-state index in [0.29, 0.717) is 30.9 Å². The molecule has 1 saturated heterocycles. The van der Waals surface area contributed by atoms with Crippen LogP contribution in [0.15, 0.2) is 30.6 Å². The molecule has 0 bridgehead atoms. The Labute approximate surface area is 192 Å². The van der Waals surface area contributed by atoms with Gasteiger partial charge < -0.3 is 15.0 Å². The van der Waals surface area contributed by atoms with Gasteiger partial charge in [-0.05, 0) is 50.3 Å². The minimum Gasteiger partial charge on any atom is -0.446 e. The highest BCUT2D eigenvalue weighted by Gasteiger charge is 2.36. The van der Waals surface area contributed by atoms with Crippen LogP contribution < -0.4 is 15.1 Å². The van der Waals surface area contributed by atoms with Gasteiger partial charge in [-0.25, -0.2) is 4.79 Å². The highest BCUT2D eigenvalue weighted by atomic mass is 16.6. The van der Waals surface area contributed by atoms with Gasteiger partial charge in [0.2, 0.25) is 11.8 Å². The fraction of sp³-hybridized carbons (Fsp3) is 0.500. The molecule has 2 fully saturated rings. The Morgan fingerprint density at radius 2 is 1.97 bits per heavy atom. The van der Waals surface area contributed by atoms with Crippen LogP contribution in [0, 0.1) is 0 Å². The number of hydrogen-bond acceptors (Lipinski definition) is 5. The molecule has 3 amide bonds. The van der Waals surface area contributed by atoms with E-state index in [1.165, 1.54) is 0 Å². The number of carbonyl (C=O) groups excluding carboxylic acids is 3. The van der Waals surface area contributed by atoms with Crippen LogP contribution in [0.4, 0.5) is 16.2 Å². The van der Waals surface area contributed by atoms with E-state index in [4.69, 9.17) is 4.74 Å². The van der Waals surface area contributed by atoms with Crippen LogP contribution in [0.2, 0.25) is 0 Å². The van der Waals surface area contributed by atoms with E-state index in [1.807, 2.05) is 36.0 Å². The molecule has 2 aromatic rings. The molecule has 3 heterocycles. The van der Waals surface area contributed by atoms with Crippen molar-refractivity contribution in [3.63, 3.8) is 0 Å². The minimum absolute atomic E-state index is 0.0174. The average Bonchev–Trinajstić information content (AvgIpc) is 3.25. The molecule has 9 heteroatoms. The summed E-state index contributed by atoms with van der Waals surface area (Å²) in [6.07, 6.45) is 7.48. The fourth-order valence-electron chi connectivity index (χ4n) is 4.83. The summed E-state index contributed by atoms with van der Waals surface area (Å²) in [5.74, 6) is -0.0250. The highest BCUT2D eigenvalue weighted by molar-refractivity contribution is 6.03. The summed E-state index contributed by atoms with van der Waals surface area (Å²) in [5, 5.41) is 7.34. The van der Waals surface area contributed by atoms with Crippen molar-refractivity contribution in [1.82, 2.24) is 15.1 Å². The Balaban J connectivity index is 1.47. The number of benzene rings is 1. The van der Waals surface area contributed by atoms with Crippen molar-refractivity contribution in [3.05, 3.63) is 30.6 Å². The van der Waals surface area contributed by atoms with Gasteiger partial charge in [0, 0.05) is 38.2 Å². The minimum atomic E-state index is -0.364. The fourth-order valence-corrected chi connectivity index (χ4v) is 4.83. The van der Waals surface area contributed by atoms with E-state index in [9.17, 15) is 14.4 Å². The first-order chi connectivity index (χ1) is 15.9. The maximum absolute atomic E-state index is 13.0. The number of rotatable bonds is 3. The van der Waals surface area contributed by atoms with Gasteiger partial charge in [-0.3, -0.25) is 19.2 Å². The van der Waals surface area contributed by atoms with E-state index in [2.05, 4.69) is 10.4 Å². The van der Waals surface area contributed by atoms with Crippen LogP contribution in [0.1, 0.15) is 52.0 Å². The monoisotopic (exact) mass is 451 g/mol. The molecular formula is C24H29N5O4. The van der Waals surface area contributed by atoms with Gasteiger partial charge >= 0.3 is 6.09 Å². The zero-order valence-electron chi connectivity index (χ0n) is 19.0. The van der Waals surface area contributed by atoms with Crippen molar-refractivity contribution in [2.45, 2.75) is 64.1 Å². The maximum atomic E-state index is 13.0. The van der Waals surface area contributed by atoms with Crippen LogP contribution in [0.5, 0.6) is 0 Å². The number of carbonyl (C=O) groups is 3. The third kappa shape index (κ3) is 4.07. The lowest BCUT2D eigenvalue weighted by Crippen LogP contribution is -2.52. The number of piperidine rings is 1. The molecule has 3 aliphatic rings. The molecule has 33 heavy (non-hydrogen) atoms. The first kappa shape index (κ1) is 21.5. The van der Waals surface area contributed by atoms with Crippen molar-refractivity contribution in [3.8, 4) is 11.1 Å². The zero-order chi connectivity index (χ0) is 23.1. The normalized spacial score (nSPS) is 22.9. The van der Waals surface area contributed by atoms with Gasteiger partial charge in [0.1, 0.15) is 6.10 Å². The van der Waals surface area contributed by atoms with Crippen LogP contribution in [0.3, 0.4) is 0 Å². The zero-order valence-corrected chi connectivity index (χ0v) is 19.0. The lowest BCUT2D eigenvalue weighted by Gasteiger charge is -2.41. The van der Waals surface area contributed by atoms with E-state index in [-0.39, 0.29) is 36.1 Å².